The number of carbonyl (C=O) groups is 2. The number of nitrogens with zero attached hydrogens (tertiary/aromatic N) is 3. The van der Waals surface area contributed by atoms with E-state index >= 15 is 0 Å². The van der Waals surface area contributed by atoms with Gasteiger partial charge in [0.2, 0.25) is 0 Å². The molecule has 0 aliphatic rings. The van der Waals surface area contributed by atoms with Gasteiger partial charge in [-0.1, -0.05) is 42.5 Å². The van der Waals surface area contributed by atoms with E-state index in [0.717, 1.165) is 0 Å². The zero-order valence-corrected chi connectivity index (χ0v) is 23.6. The average Bonchev–Trinajstić information content (AvgIpc) is 3.50. The first-order valence-corrected chi connectivity index (χ1v) is 14.4. The Morgan fingerprint density at radius 3 is 2.32 bits per heavy atom. The lowest BCUT2D eigenvalue weighted by Crippen LogP contribution is -2.57. The fraction of sp³-hybridized carbons (Fsp3) is 0.258. The Morgan fingerprint density at radius 2 is 1.71 bits per heavy atom. The van der Waals surface area contributed by atoms with E-state index in [-0.39, 0.29) is 18.6 Å². The van der Waals surface area contributed by atoms with E-state index < -0.39 is 35.3 Å². The van der Waals surface area contributed by atoms with Crippen LogP contribution in [-0.2, 0) is 16.1 Å². The number of carbonyl (C=O) groups excluding carboxylic acids is 1. The molecular weight excluding hydrogens is 548 g/mol. The molecule has 0 aliphatic heterocycles. The Hall–Kier alpha value is -4.02. The van der Waals surface area contributed by atoms with Crippen molar-refractivity contribution in [2.45, 2.75) is 31.7 Å². The minimum Gasteiger partial charge on any atom is -0.480 e. The smallest absolute Gasteiger partial charge is 0.329 e. The van der Waals surface area contributed by atoms with E-state index in [4.69, 9.17) is 4.74 Å². The van der Waals surface area contributed by atoms with E-state index in [1.54, 1.807) is 59.7 Å². The van der Waals surface area contributed by atoms with Crippen molar-refractivity contribution in [1.29, 1.82) is 0 Å². The third kappa shape index (κ3) is 7.01. The highest BCUT2D eigenvalue weighted by Crippen LogP contribution is 2.37. The highest BCUT2D eigenvalue weighted by Gasteiger charge is 2.47. The van der Waals surface area contributed by atoms with Crippen molar-refractivity contribution >= 4 is 23.6 Å². The van der Waals surface area contributed by atoms with Crippen LogP contribution in [0.15, 0.2) is 91.5 Å². The fourth-order valence-corrected chi connectivity index (χ4v) is 5.14. The molecular formula is C31H31F2N3O4S. The summed E-state index contributed by atoms with van der Waals surface area (Å²) in [5.74, 6) is -2.24. The molecule has 3 aromatic carbocycles. The van der Waals surface area contributed by atoms with Crippen molar-refractivity contribution in [3.63, 3.8) is 0 Å². The van der Waals surface area contributed by atoms with Crippen molar-refractivity contribution in [1.82, 2.24) is 14.5 Å². The maximum absolute atomic E-state index is 14.6. The molecule has 1 unspecified atom stereocenters. The lowest BCUT2D eigenvalue weighted by Gasteiger charge is -2.43. The topological polar surface area (TPSA) is 84.7 Å². The molecule has 0 spiro atoms. The number of amides is 1. The van der Waals surface area contributed by atoms with Gasteiger partial charge < -0.3 is 14.4 Å². The van der Waals surface area contributed by atoms with Gasteiger partial charge in [-0.05, 0) is 66.8 Å². The molecule has 7 nitrogen and oxygen atoms in total. The van der Waals surface area contributed by atoms with E-state index in [0.29, 0.717) is 29.0 Å². The normalized spacial score (nSPS) is 13.4. The summed E-state index contributed by atoms with van der Waals surface area (Å²) < 4.78 is 35.8. The molecule has 0 fully saturated rings. The molecule has 0 bridgehead atoms. The molecule has 1 amide bonds. The van der Waals surface area contributed by atoms with Crippen LogP contribution in [-0.4, -0.2) is 55.6 Å². The summed E-state index contributed by atoms with van der Waals surface area (Å²) in [4.78, 5) is 32.9. The van der Waals surface area contributed by atoms with Crippen molar-refractivity contribution in [2.24, 2.45) is 0 Å². The molecule has 4 aromatic rings. The van der Waals surface area contributed by atoms with Gasteiger partial charge in [0.25, 0.3) is 5.91 Å². The Balaban J connectivity index is 1.85. The minimum atomic E-state index is -1.70. The van der Waals surface area contributed by atoms with Crippen molar-refractivity contribution < 1.29 is 28.2 Å². The number of hydrogen-bond donors (Lipinski definition) is 1. The summed E-state index contributed by atoms with van der Waals surface area (Å²) in [5, 5.41) is 10.6. The van der Waals surface area contributed by atoms with Gasteiger partial charge in [-0.2, -0.15) is 11.8 Å². The molecule has 2 atom stereocenters. The molecule has 214 valence electrons. The van der Waals surface area contributed by atoms with Crippen LogP contribution in [0.3, 0.4) is 0 Å². The standard InChI is InChI=1S/C31H31F2N3O4S/c1-31(30(38)39,15-20-41-2)36(28(37)27-6-4-3-5-26(27)22-7-11-24(32)12-8-22)29(23-9-13-25(33)14-10-23)40-19-18-35-17-16-34-21-35/h3-14,16-17,21,29H,15,18-20H2,1-2H3,(H,38,39)/t29?,31-/m0/s1. The molecule has 0 radical (unpaired) electrons. The zero-order chi connectivity index (χ0) is 29.4. The fourth-order valence-electron chi connectivity index (χ4n) is 4.54. The second kappa shape index (κ2) is 13.6. The number of benzene rings is 3. The van der Waals surface area contributed by atoms with Crippen LogP contribution in [0.2, 0.25) is 0 Å². The van der Waals surface area contributed by atoms with Gasteiger partial charge in [0, 0.05) is 30.1 Å². The minimum absolute atomic E-state index is 0.111. The SMILES string of the molecule is CSCC[C@@](C)(C(=O)O)N(C(=O)c1ccccc1-c1ccc(F)cc1)C(OCCn1ccnc1)c1ccc(F)cc1. The summed E-state index contributed by atoms with van der Waals surface area (Å²) in [6.45, 7) is 2.00. The molecule has 41 heavy (non-hydrogen) atoms. The molecule has 0 aliphatic carbocycles. The molecule has 10 heteroatoms. The number of carboxylic acids is 1. The Labute approximate surface area is 241 Å². The maximum Gasteiger partial charge on any atom is 0.329 e. The molecule has 4 rings (SSSR count). The largest absolute Gasteiger partial charge is 0.480 e. The van der Waals surface area contributed by atoms with Crippen LogP contribution in [0.1, 0.15) is 35.5 Å². The predicted octanol–water partition coefficient (Wildman–Crippen LogP) is 6.28. The predicted molar refractivity (Wildman–Crippen MR) is 154 cm³/mol. The lowest BCUT2D eigenvalue weighted by molar-refractivity contribution is -0.159. The number of rotatable bonds is 13. The number of halogens is 2. The Kier molecular flexibility index (Phi) is 9.91. The number of hydrogen-bond acceptors (Lipinski definition) is 5. The van der Waals surface area contributed by atoms with Crippen LogP contribution in [0.5, 0.6) is 0 Å². The van der Waals surface area contributed by atoms with Gasteiger partial charge in [0.1, 0.15) is 17.2 Å². The van der Waals surface area contributed by atoms with Gasteiger partial charge in [-0.15, -0.1) is 0 Å². The summed E-state index contributed by atoms with van der Waals surface area (Å²) in [7, 11) is 0. The molecule has 0 saturated carbocycles. The van der Waals surface area contributed by atoms with Crippen LogP contribution in [0, 0.1) is 11.6 Å². The maximum atomic E-state index is 14.6. The molecule has 0 saturated heterocycles. The molecule has 1 N–H and O–H groups in total. The van der Waals surface area contributed by atoms with Crippen LogP contribution >= 0.6 is 11.8 Å². The van der Waals surface area contributed by atoms with Crippen LogP contribution in [0.4, 0.5) is 8.78 Å². The van der Waals surface area contributed by atoms with Gasteiger partial charge in [0.15, 0.2) is 6.23 Å². The van der Waals surface area contributed by atoms with Crippen LogP contribution in [0.25, 0.3) is 11.1 Å². The molecule has 1 heterocycles. The Bertz CT molecular complexity index is 1450. The molecule has 1 aromatic heterocycles. The van der Waals surface area contributed by atoms with E-state index in [1.165, 1.54) is 60.0 Å². The van der Waals surface area contributed by atoms with Gasteiger partial charge in [-0.25, -0.2) is 18.6 Å². The van der Waals surface area contributed by atoms with E-state index in [2.05, 4.69) is 4.98 Å². The summed E-state index contributed by atoms with van der Waals surface area (Å²) in [5.41, 5.74) is 0.0406. The summed E-state index contributed by atoms with van der Waals surface area (Å²) in [6.07, 6.45) is 5.82. The highest BCUT2D eigenvalue weighted by molar-refractivity contribution is 7.98. The van der Waals surface area contributed by atoms with Gasteiger partial charge in [0.05, 0.1) is 12.9 Å². The first-order chi connectivity index (χ1) is 19.7. The number of aliphatic carboxylic acids is 1. The summed E-state index contributed by atoms with van der Waals surface area (Å²) >= 11 is 1.46. The quantitative estimate of drug-likeness (QED) is 0.188. The number of thioether (sulfide) groups is 1. The monoisotopic (exact) mass is 579 g/mol. The number of ether oxygens (including phenoxy) is 1. The van der Waals surface area contributed by atoms with Crippen molar-refractivity contribution in [3.05, 3.63) is 114 Å². The van der Waals surface area contributed by atoms with E-state index in [1.807, 2.05) is 6.26 Å². The van der Waals surface area contributed by atoms with Crippen LogP contribution < -0.4 is 0 Å². The number of aromatic nitrogens is 2. The van der Waals surface area contributed by atoms with Crippen molar-refractivity contribution in [2.75, 3.05) is 18.6 Å². The zero-order valence-electron chi connectivity index (χ0n) is 22.7. The van der Waals surface area contributed by atoms with Gasteiger partial charge in [-0.3, -0.25) is 9.69 Å². The average molecular weight is 580 g/mol. The number of imidazole rings is 1. The first kappa shape index (κ1) is 30.0. The summed E-state index contributed by atoms with van der Waals surface area (Å²) in [6, 6.07) is 18.0. The number of carboxylic acid groups (broad SMARTS) is 1. The van der Waals surface area contributed by atoms with Crippen molar-refractivity contribution in [3.8, 4) is 11.1 Å². The lowest BCUT2D eigenvalue weighted by atomic mass is 9.91. The Morgan fingerprint density at radius 1 is 1.05 bits per heavy atom. The second-order valence-corrected chi connectivity index (χ2v) is 10.6. The third-order valence-corrected chi connectivity index (χ3v) is 7.50. The van der Waals surface area contributed by atoms with Gasteiger partial charge >= 0.3 is 5.97 Å². The second-order valence-electron chi connectivity index (χ2n) is 9.62. The van der Waals surface area contributed by atoms with E-state index in [9.17, 15) is 23.5 Å². The first-order valence-electron chi connectivity index (χ1n) is 13.0. The highest BCUT2D eigenvalue weighted by atomic mass is 32.2. The third-order valence-electron chi connectivity index (χ3n) is 6.89.